The van der Waals surface area contributed by atoms with Gasteiger partial charge in [-0.1, -0.05) is 27.5 Å². The topological polar surface area (TPSA) is 0 Å². The molecule has 65 valence electrons. The van der Waals surface area contributed by atoms with Crippen LogP contribution in [-0.2, 0) is 0 Å². The number of benzene rings is 1. The smallest absolute Gasteiger partial charge is 0.0962 e. The first-order valence-corrected chi connectivity index (χ1v) is 4.65. The number of hydrogen-bond donors (Lipinski definition) is 0. The molecule has 0 heterocycles. The van der Waals surface area contributed by atoms with Gasteiger partial charge in [0.15, 0.2) is 0 Å². The van der Waals surface area contributed by atoms with E-state index in [0.29, 0.717) is 5.02 Å². The maximum absolute atomic E-state index is 12.2. The molecule has 1 aromatic rings. The van der Waals surface area contributed by atoms with Crippen LogP contribution in [0.25, 0.3) is 0 Å². The van der Waals surface area contributed by atoms with Crippen molar-refractivity contribution in [1.82, 2.24) is 0 Å². The number of alkyl halides is 1. The second-order valence-electron chi connectivity index (χ2n) is 2.55. The fourth-order valence-corrected chi connectivity index (χ4v) is 1.79. The Bertz CT molecular complexity index is 255. The number of rotatable bonds is 2. The van der Waals surface area contributed by atoms with Crippen LogP contribution < -0.4 is 0 Å². The largest absolute Gasteiger partial charge is 0.250 e. The monoisotopic (exact) mass is 249 g/mol. The van der Waals surface area contributed by atoms with E-state index in [1.807, 2.05) is 6.07 Å². The SMILES string of the molecule is [CH2]C(CF)c1cc(Cl)cc(Br)c1. The van der Waals surface area contributed by atoms with Crippen molar-refractivity contribution in [3.05, 3.63) is 40.2 Å². The van der Waals surface area contributed by atoms with Crippen LogP contribution in [0.1, 0.15) is 11.5 Å². The van der Waals surface area contributed by atoms with E-state index in [0.717, 1.165) is 10.0 Å². The summed E-state index contributed by atoms with van der Waals surface area (Å²) in [5, 5.41) is 0.599. The summed E-state index contributed by atoms with van der Waals surface area (Å²) in [5.74, 6) is -0.333. The molecule has 12 heavy (non-hydrogen) atoms. The summed E-state index contributed by atoms with van der Waals surface area (Å²) in [6, 6.07) is 5.31. The van der Waals surface area contributed by atoms with Gasteiger partial charge in [0, 0.05) is 15.4 Å². The molecule has 0 aliphatic heterocycles. The van der Waals surface area contributed by atoms with Gasteiger partial charge >= 0.3 is 0 Å². The van der Waals surface area contributed by atoms with Crippen LogP contribution in [0.2, 0.25) is 5.02 Å². The summed E-state index contributed by atoms with van der Waals surface area (Å²) >= 11 is 9.05. The minimum Gasteiger partial charge on any atom is -0.250 e. The van der Waals surface area contributed by atoms with Crippen molar-refractivity contribution >= 4 is 27.5 Å². The first kappa shape index (κ1) is 10.0. The van der Waals surface area contributed by atoms with E-state index < -0.39 is 6.67 Å². The molecule has 1 aromatic carbocycles. The standard InChI is InChI=1S/C9H8BrClF/c1-6(5-12)7-2-8(10)4-9(11)3-7/h2-4,6H,1,5H2. The van der Waals surface area contributed by atoms with Crippen LogP contribution in [0.15, 0.2) is 22.7 Å². The highest BCUT2D eigenvalue weighted by atomic mass is 79.9. The fraction of sp³-hybridized carbons (Fsp3) is 0.222. The van der Waals surface area contributed by atoms with Gasteiger partial charge in [0.1, 0.15) is 0 Å². The normalized spacial score (nSPS) is 13.0. The van der Waals surface area contributed by atoms with Gasteiger partial charge in [0.05, 0.1) is 6.67 Å². The van der Waals surface area contributed by atoms with Crippen LogP contribution in [0.4, 0.5) is 4.39 Å². The lowest BCUT2D eigenvalue weighted by Crippen LogP contribution is -1.95. The van der Waals surface area contributed by atoms with Crippen molar-refractivity contribution in [2.24, 2.45) is 0 Å². The predicted octanol–water partition coefficient (Wildman–Crippen LogP) is 3.99. The molecule has 0 saturated heterocycles. The van der Waals surface area contributed by atoms with E-state index in [4.69, 9.17) is 11.6 Å². The third kappa shape index (κ3) is 2.46. The Kier molecular flexibility index (Phi) is 3.53. The first-order valence-electron chi connectivity index (χ1n) is 3.48. The lowest BCUT2D eigenvalue weighted by molar-refractivity contribution is 0.465. The zero-order chi connectivity index (χ0) is 9.14. The lowest BCUT2D eigenvalue weighted by Gasteiger charge is -2.07. The Hall–Kier alpha value is -0.0800. The second-order valence-corrected chi connectivity index (χ2v) is 3.91. The average Bonchev–Trinajstić information content (AvgIpc) is 2.01. The Balaban J connectivity index is 3.00. The van der Waals surface area contributed by atoms with E-state index in [1.165, 1.54) is 0 Å². The molecule has 0 nitrogen and oxygen atoms in total. The molecule has 0 aromatic heterocycles. The second kappa shape index (κ2) is 4.24. The highest BCUT2D eigenvalue weighted by Crippen LogP contribution is 2.24. The van der Waals surface area contributed by atoms with Crippen molar-refractivity contribution in [3.8, 4) is 0 Å². The average molecular weight is 251 g/mol. The maximum atomic E-state index is 12.2. The van der Waals surface area contributed by atoms with Gasteiger partial charge in [-0.3, -0.25) is 4.39 Å². The zero-order valence-electron chi connectivity index (χ0n) is 6.36. The molecule has 0 amide bonds. The fourth-order valence-electron chi connectivity index (χ4n) is 0.900. The molecule has 1 unspecified atom stereocenters. The summed E-state index contributed by atoms with van der Waals surface area (Å²) < 4.78 is 13.1. The van der Waals surface area contributed by atoms with Gasteiger partial charge in [-0.15, -0.1) is 0 Å². The van der Waals surface area contributed by atoms with Crippen LogP contribution in [0.5, 0.6) is 0 Å². The van der Waals surface area contributed by atoms with E-state index in [9.17, 15) is 4.39 Å². The third-order valence-electron chi connectivity index (χ3n) is 1.54. The molecular weight excluding hydrogens is 242 g/mol. The summed E-state index contributed by atoms with van der Waals surface area (Å²) in [7, 11) is 0. The van der Waals surface area contributed by atoms with Crippen molar-refractivity contribution in [3.63, 3.8) is 0 Å². The van der Waals surface area contributed by atoms with Gasteiger partial charge in [-0.2, -0.15) is 0 Å². The first-order chi connectivity index (χ1) is 5.63. The summed E-state index contributed by atoms with van der Waals surface area (Å²) in [6.45, 7) is 3.19. The lowest BCUT2D eigenvalue weighted by atomic mass is 10.0. The highest BCUT2D eigenvalue weighted by Gasteiger charge is 2.06. The molecule has 3 heteroatoms. The highest BCUT2D eigenvalue weighted by molar-refractivity contribution is 9.10. The van der Waals surface area contributed by atoms with Gasteiger partial charge < -0.3 is 0 Å². The third-order valence-corrected chi connectivity index (χ3v) is 2.22. The molecular formula is C9H8BrClF. The Morgan fingerprint density at radius 3 is 2.67 bits per heavy atom. The molecule has 0 saturated carbocycles. The maximum Gasteiger partial charge on any atom is 0.0962 e. The molecule has 0 aliphatic rings. The molecule has 1 radical (unpaired) electrons. The van der Waals surface area contributed by atoms with Crippen molar-refractivity contribution in [2.45, 2.75) is 5.92 Å². The number of hydrogen-bond acceptors (Lipinski definition) is 0. The Morgan fingerprint density at radius 1 is 1.50 bits per heavy atom. The minimum absolute atomic E-state index is 0.333. The molecule has 0 N–H and O–H groups in total. The van der Waals surface area contributed by atoms with Gasteiger partial charge in [0.2, 0.25) is 0 Å². The van der Waals surface area contributed by atoms with Gasteiger partial charge in [-0.25, -0.2) is 0 Å². The van der Waals surface area contributed by atoms with E-state index in [-0.39, 0.29) is 5.92 Å². The minimum atomic E-state index is -0.465. The quantitative estimate of drug-likeness (QED) is 0.744. The van der Waals surface area contributed by atoms with E-state index >= 15 is 0 Å². The summed E-state index contributed by atoms with van der Waals surface area (Å²) in [5.41, 5.74) is 0.817. The Morgan fingerprint density at radius 2 is 2.17 bits per heavy atom. The molecule has 0 bridgehead atoms. The summed E-state index contributed by atoms with van der Waals surface area (Å²) in [6.07, 6.45) is 0. The van der Waals surface area contributed by atoms with Crippen LogP contribution in [0, 0.1) is 6.92 Å². The van der Waals surface area contributed by atoms with Crippen molar-refractivity contribution < 1.29 is 4.39 Å². The Labute approximate surface area is 84.9 Å². The molecule has 1 atom stereocenters. The molecule has 0 aliphatic carbocycles. The van der Waals surface area contributed by atoms with E-state index in [1.54, 1.807) is 12.1 Å². The van der Waals surface area contributed by atoms with Gasteiger partial charge in [0.25, 0.3) is 0 Å². The predicted molar refractivity (Wildman–Crippen MR) is 53.2 cm³/mol. The molecule has 1 rings (SSSR count). The summed E-state index contributed by atoms with van der Waals surface area (Å²) in [4.78, 5) is 0. The van der Waals surface area contributed by atoms with Gasteiger partial charge in [-0.05, 0) is 30.7 Å². The van der Waals surface area contributed by atoms with Crippen LogP contribution in [0.3, 0.4) is 0 Å². The number of halogens is 3. The van der Waals surface area contributed by atoms with E-state index in [2.05, 4.69) is 22.9 Å². The molecule has 0 spiro atoms. The van der Waals surface area contributed by atoms with Crippen LogP contribution >= 0.6 is 27.5 Å². The van der Waals surface area contributed by atoms with Crippen molar-refractivity contribution in [1.29, 1.82) is 0 Å². The zero-order valence-corrected chi connectivity index (χ0v) is 8.70. The van der Waals surface area contributed by atoms with Crippen LogP contribution in [-0.4, -0.2) is 6.67 Å². The molecule has 0 fully saturated rings. The van der Waals surface area contributed by atoms with Crippen molar-refractivity contribution in [2.75, 3.05) is 6.67 Å².